The number of hydrogen-bond donors (Lipinski definition) is 0. The number of rotatable bonds is 2. The zero-order valence-electron chi connectivity index (χ0n) is 12.2. The average Bonchev–Trinajstić information content (AvgIpc) is 2.74. The number of amides is 1. The first-order valence-electron chi connectivity index (χ1n) is 7.00. The normalized spacial score (nSPS) is 14.3. The van der Waals surface area contributed by atoms with E-state index in [0.29, 0.717) is 22.3 Å². The molecule has 0 bridgehead atoms. The first-order chi connectivity index (χ1) is 10.8. The van der Waals surface area contributed by atoms with Crippen molar-refractivity contribution in [3.05, 3.63) is 70.0 Å². The highest BCUT2D eigenvalue weighted by Crippen LogP contribution is 2.31. The minimum Gasteiger partial charge on any atom is -0.330 e. The Morgan fingerprint density at radius 2 is 1.78 bits per heavy atom. The van der Waals surface area contributed by atoms with Gasteiger partial charge in [0.15, 0.2) is 0 Å². The number of nitrogens with zero attached hydrogens (tertiary/aromatic N) is 1. The lowest BCUT2D eigenvalue weighted by Gasteiger charge is -2.16. The number of aryl methyl sites for hydroxylation is 1. The Bertz CT molecular complexity index is 765. The van der Waals surface area contributed by atoms with Crippen molar-refractivity contribution < 1.29 is 22.4 Å². The molecule has 0 saturated heterocycles. The molecule has 2 nitrogen and oxygen atoms in total. The molecule has 1 aliphatic rings. The Hall–Kier alpha value is -2.37. The van der Waals surface area contributed by atoms with E-state index in [1.807, 2.05) is 0 Å². The van der Waals surface area contributed by atoms with Crippen LogP contribution < -0.4 is 0 Å². The van der Waals surface area contributed by atoms with Crippen LogP contribution in [0.15, 0.2) is 36.4 Å². The summed E-state index contributed by atoms with van der Waals surface area (Å²) in [6, 6.07) is 7.33. The van der Waals surface area contributed by atoms with Crippen LogP contribution in [-0.4, -0.2) is 10.8 Å². The summed E-state index contributed by atoms with van der Waals surface area (Å²) in [6.07, 6.45) is -4.38. The molecule has 0 aliphatic carbocycles. The molecular weight excluding hydrogens is 310 g/mol. The van der Waals surface area contributed by atoms with Crippen LogP contribution in [0.5, 0.6) is 0 Å². The SMILES string of the molecule is Cc1cc(F)cc2c1C(=O)N(Cc1ccc(C(F)(F)F)cc1)C2. The molecular formula is C17H13F4NO. The van der Waals surface area contributed by atoms with Crippen molar-refractivity contribution in [2.24, 2.45) is 0 Å². The van der Waals surface area contributed by atoms with Crippen molar-refractivity contribution >= 4 is 5.91 Å². The molecule has 0 radical (unpaired) electrons. The van der Waals surface area contributed by atoms with Gasteiger partial charge in [0.25, 0.3) is 5.91 Å². The summed E-state index contributed by atoms with van der Waals surface area (Å²) in [7, 11) is 0. The van der Waals surface area contributed by atoms with Gasteiger partial charge in [0, 0.05) is 18.7 Å². The third-order valence-corrected chi connectivity index (χ3v) is 3.90. The third kappa shape index (κ3) is 2.93. The van der Waals surface area contributed by atoms with Gasteiger partial charge in [0.2, 0.25) is 0 Å². The standard InChI is InChI=1S/C17H13F4NO/c1-10-6-14(18)7-12-9-22(16(23)15(10)12)8-11-2-4-13(5-3-11)17(19,20)21/h2-7H,8-9H2,1H3. The Labute approximate surface area is 130 Å². The van der Waals surface area contributed by atoms with Crippen molar-refractivity contribution in [2.75, 3.05) is 0 Å². The van der Waals surface area contributed by atoms with Crippen LogP contribution in [0.2, 0.25) is 0 Å². The zero-order valence-corrected chi connectivity index (χ0v) is 12.2. The van der Waals surface area contributed by atoms with Crippen molar-refractivity contribution in [3.63, 3.8) is 0 Å². The van der Waals surface area contributed by atoms with Crippen LogP contribution >= 0.6 is 0 Å². The fraction of sp³-hybridized carbons (Fsp3) is 0.235. The molecule has 0 unspecified atom stereocenters. The zero-order chi connectivity index (χ0) is 16.8. The van der Waals surface area contributed by atoms with E-state index < -0.39 is 17.6 Å². The van der Waals surface area contributed by atoms with Gasteiger partial charge in [-0.05, 0) is 47.9 Å². The van der Waals surface area contributed by atoms with E-state index in [0.717, 1.165) is 12.1 Å². The number of hydrogen-bond acceptors (Lipinski definition) is 1. The summed E-state index contributed by atoms with van der Waals surface area (Å²) in [5.41, 5.74) is 1.53. The lowest BCUT2D eigenvalue weighted by atomic mass is 10.0. The van der Waals surface area contributed by atoms with Gasteiger partial charge in [-0.15, -0.1) is 0 Å². The fourth-order valence-corrected chi connectivity index (χ4v) is 2.83. The molecule has 1 heterocycles. The number of carbonyl (C=O) groups excluding carboxylic acids is 1. The van der Waals surface area contributed by atoms with Gasteiger partial charge < -0.3 is 4.90 Å². The van der Waals surface area contributed by atoms with E-state index >= 15 is 0 Å². The summed E-state index contributed by atoms with van der Waals surface area (Å²) < 4.78 is 51.1. The van der Waals surface area contributed by atoms with Gasteiger partial charge in [-0.2, -0.15) is 13.2 Å². The van der Waals surface area contributed by atoms with Crippen molar-refractivity contribution in [3.8, 4) is 0 Å². The Morgan fingerprint density at radius 1 is 1.13 bits per heavy atom. The topological polar surface area (TPSA) is 20.3 Å². The van der Waals surface area contributed by atoms with Gasteiger partial charge in [0.1, 0.15) is 5.82 Å². The van der Waals surface area contributed by atoms with E-state index in [1.54, 1.807) is 6.92 Å². The van der Waals surface area contributed by atoms with Crippen LogP contribution in [0.3, 0.4) is 0 Å². The maximum atomic E-state index is 13.4. The average molecular weight is 323 g/mol. The number of benzene rings is 2. The van der Waals surface area contributed by atoms with Crippen LogP contribution in [-0.2, 0) is 19.3 Å². The number of carbonyl (C=O) groups is 1. The molecule has 0 saturated carbocycles. The summed E-state index contributed by atoms with van der Waals surface area (Å²) >= 11 is 0. The molecule has 2 aromatic rings. The van der Waals surface area contributed by atoms with Crippen LogP contribution in [0.1, 0.15) is 32.6 Å². The van der Waals surface area contributed by atoms with Gasteiger partial charge in [-0.1, -0.05) is 12.1 Å². The first-order valence-corrected chi connectivity index (χ1v) is 7.00. The summed E-state index contributed by atoms with van der Waals surface area (Å²) in [6.45, 7) is 2.11. The van der Waals surface area contributed by atoms with Crippen molar-refractivity contribution in [1.29, 1.82) is 0 Å². The van der Waals surface area contributed by atoms with E-state index in [1.165, 1.54) is 29.2 Å². The predicted octanol–water partition coefficient (Wildman–Crippen LogP) is 4.31. The molecule has 0 aromatic heterocycles. The molecule has 3 rings (SSSR count). The second kappa shape index (κ2) is 5.37. The largest absolute Gasteiger partial charge is 0.416 e. The second-order valence-electron chi connectivity index (χ2n) is 5.61. The van der Waals surface area contributed by atoms with Crippen LogP contribution in [0, 0.1) is 12.7 Å². The van der Waals surface area contributed by atoms with Crippen LogP contribution in [0.4, 0.5) is 17.6 Å². The Morgan fingerprint density at radius 3 is 2.39 bits per heavy atom. The van der Waals surface area contributed by atoms with Crippen molar-refractivity contribution in [1.82, 2.24) is 4.90 Å². The quantitative estimate of drug-likeness (QED) is 0.754. The first kappa shape index (κ1) is 15.5. The van der Waals surface area contributed by atoms with Crippen LogP contribution in [0.25, 0.3) is 0 Å². The molecule has 0 N–H and O–H groups in total. The highest BCUT2D eigenvalue weighted by molar-refractivity contribution is 5.99. The lowest BCUT2D eigenvalue weighted by molar-refractivity contribution is -0.137. The van der Waals surface area contributed by atoms with E-state index in [-0.39, 0.29) is 19.0 Å². The summed E-state index contributed by atoms with van der Waals surface area (Å²) in [5.74, 6) is -0.622. The highest BCUT2D eigenvalue weighted by Gasteiger charge is 2.31. The molecule has 6 heteroatoms. The molecule has 23 heavy (non-hydrogen) atoms. The van der Waals surface area contributed by atoms with E-state index in [4.69, 9.17) is 0 Å². The second-order valence-corrected chi connectivity index (χ2v) is 5.61. The minimum absolute atomic E-state index is 0.187. The maximum Gasteiger partial charge on any atom is 0.416 e. The Kier molecular flexibility index (Phi) is 3.62. The molecule has 0 atom stereocenters. The molecule has 1 amide bonds. The smallest absolute Gasteiger partial charge is 0.330 e. The summed E-state index contributed by atoms with van der Waals surface area (Å²) in [4.78, 5) is 13.9. The monoisotopic (exact) mass is 323 g/mol. The number of alkyl halides is 3. The Balaban J connectivity index is 1.80. The van der Waals surface area contributed by atoms with E-state index in [2.05, 4.69) is 0 Å². The van der Waals surface area contributed by atoms with Gasteiger partial charge in [-0.3, -0.25) is 4.79 Å². The molecule has 1 aliphatic heterocycles. The van der Waals surface area contributed by atoms with Crippen molar-refractivity contribution in [2.45, 2.75) is 26.2 Å². The molecule has 0 spiro atoms. The molecule has 0 fully saturated rings. The van der Waals surface area contributed by atoms with Gasteiger partial charge >= 0.3 is 6.18 Å². The summed E-state index contributed by atoms with van der Waals surface area (Å²) in [5, 5.41) is 0. The lowest BCUT2D eigenvalue weighted by Crippen LogP contribution is -2.23. The molecule has 2 aromatic carbocycles. The third-order valence-electron chi connectivity index (χ3n) is 3.90. The molecule has 120 valence electrons. The number of halogens is 4. The highest BCUT2D eigenvalue weighted by atomic mass is 19.4. The predicted molar refractivity (Wildman–Crippen MR) is 76.2 cm³/mol. The maximum absolute atomic E-state index is 13.4. The van der Waals surface area contributed by atoms with Gasteiger partial charge in [-0.25, -0.2) is 4.39 Å². The minimum atomic E-state index is -4.38. The van der Waals surface area contributed by atoms with Gasteiger partial charge in [0.05, 0.1) is 5.56 Å². The number of fused-ring (bicyclic) bond motifs is 1. The fourth-order valence-electron chi connectivity index (χ4n) is 2.83. The van der Waals surface area contributed by atoms with E-state index in [9.17, 15) is 22.4 Å².